The van der Waals surface area contributed by atoms with E-state index in [1.165, 1.54) is 0 Å². The number of aliphatic hydroxyl groups excluding tert-OH is 1. The standard InChI is InChI=1S/C11H13BrN4O/c12-9-5-13-10-11(15-9)16(6-14-10)7-1-3-8(17)4-2-7/h5-8,17H,1-4H2. The molecule has 0 atom stereocenters. The average Bonchev–Trinajstić information content (AvgIpc) is 2.73. The molecule has 2 aromatic heterocycles. The molecule has 0 aliphatic heterocycles. The van der Waals surface area contributed by atoms with Crippen LogP contribution in [0.25, 0.3) is 11.3 Å². The third kappa shape index (κ3) is 2.07. The monoisotopic (exact) mass is 296 g/mol. The van der Waals surface area contributed by atoms with Gasteiger partial charge in [0, 0.05) is 6.04 Å². The first-order valence-electron chi connectivity index (χ1n) is 5.77. The Balaban J connectivity index is 1.97. The lowest BCUT2D eigenvalue weighted by Gasteiger charge is -2.26. The number of fused-ring (bicyclic) bond motifs is 1. The van der Waals surface area contributed by atoms with Crippen molar-refractivity contribution in [3.8, 4) is 0 Å². The quantitative estimate of drug-likeness (QED) is 0.875. The maximum Gasteiger partial charge on any atom is 0.197 e. The van der Waals surface area contributed by atoms with E-state index in [1.54, 1.807) is 12.5 Å². The fourth-order valence-corrected chi connectivity index (χ4v) is 2.66. The fourth-order valence-electron chi connectivity index (χ4n) is 2.39. The molecule has 0 saturated heterocycles. The fraction of sp³-hybridized carbons (Fsp3) is 0.545. The molecular weight excluding hydrogens is 284 g/mol. The maximum absolute atomic E-state index is 9.52. The molecule has 0 amide bonds. The summed E-state index contributed by atoms with van der Waals surface area (Å²) < 4.78 is 2.81. The summed E-state index contributed by atoms with van der Waals surface area (Å²) in [6.45, 7) is 0. The molecule has 2 aromatic rings. The zero-order valence-electron chi connectivity index (χ0n) is 9.25. The Morgan fingerprint density at radius 2 is 2.00 bits per heavy atom. The Morgan fingerprint density at radius 3 is 2.76 bits per heavy atom. The summed E-state index contributed by atoms with van der Waals surface area (Å²) in [5, 5.41) is 9.52. The van der Waals surface area contributed by atoms with E-state index in [2.05, 4.69) is 35.4 Å². The highest BCUT2D eigenvalue weighted by molar-refractivity contribution is 9.10. The Morgan fingerprint density at radius 1 is 1.24 bits per heavy atom. The number of halogens is 1. The van der Waals surface area contributed by atoms with Crippen LogP contribution in [0.15, 0.2) is 17.1 Å². The van der Waals surface area contributed by atoms with Crippen LogP contribution in [0.3, 0.4) is 0 Å². The van der Waals surface area contributed by atoms with Gasteiger partial charge in [-0.1, -0.05) is 0 Å². The minimum atomic E-state index is -0.140. The van der Waals surface area contributed by atoms with E-state index < -0.39 is 0 Å². The Hall–Kier alpha value is -1.01. The van der Waals surface area contributed by atoms with Gasteiger partial charge in [-0.05, 0) is 41.6 Å². The van der Waals surface area contributed by atoms with Crippen LogP contribution in [-0.4, -0.2) is 30.7 Å². The molecule has 0 unspecified atom stereocenters. The van der Waals surface area contributed by atoms with Crippen molar-refractivity contribution in [3.05, 3.63) is 17.1 Å². The van der Waals surface area contributed by atoms with Gasteiger partial charge in [-0.3, -0.25) is 0 Å². The maximum atomic E-state index is 9.52. The van der Waals surface area contributed by atoms with Gasteiger partial charge in [0.25, 0.3) is 0 Å². The molecule has 1 aliphatic rings. The molecule has 2 heterocycles. The summed E-state index contributed by atoms with van der Waals surface area (Å²) in [6.07, 6.45) is 6.97. The van der Waals surface area contributed by atoms with Crippen molar-refractivity contribution in [1.29, 1.82) is 0 Å². The van der Waals surface area contributed by atoms with E-state index in [9.17, 15) is 5.11 Å². The summed E-state index contributed by atoms with van der Waals surface area (Å²) in [6, 6.07) is 0.381. The second kappa shape index (κ2) is 4.34. The van der Waals surface area contributed by atoms with Crippen molar-refractivity contribution < 1.29 is 5.11 Å². The molecule has 17 heavy (non-hydrogen) atoms. The van der Waals surface area contributed by atoms with Crippen LogP contribution in [0, 0.1) is 0 Å². The smallest absolute Gasteiger partial charge is 0.197 e. The lowest BCUT2D eigenvalue weighted by atomic mass is 9.93. The lowest BCUT2D eigenvalue weighted by molar-refractivity contribution is 0.111. The Labute approximate surface area is 107 Å². The van der Waals surface area contributed by atoms with Crippen LogP contribution in [0.5, 0.6) is 0 Å². The molecule has 0 aromatic carbocycles. The summed E-state index contributed by atoms with van der Waals surface area (Å²) >= 11 is 3.33. The molecule has 1 aliphatic carbocycles. The summed E-state index contributed by atoms with van der Waals surface area (Å²) in [5.74, 6) is 0. The molecule has 90 valence electrons. The SMILES string of the molecule is OC1CCC(n2cnc3ncc(Br)nc32)CC1. The Bertz CT molecular complexity index is 533. The predicted octanol–water partition coefficient (Wildman–Crippen LogP) is 2.06. The van der Waals surface area contributed by atoms with Crippen molar-refractivity contribution in [1.82, 2.24) is 19.5 Å². The first-order valence-corrected chi connectivity index (χ1v) is 6.56. The van der Waals surface area contributed by atoms with Gasteiger partial charge in [0.2, 0.25) is 0 Å². The largest absolute Gasteiger partial charge is 0.393 e. The molecule has 0 bridgehead atoms. The zero-order valence-corrected chi connectivity index (χ0v) is 10.8. The van der Waals surface area contributed by atoms with Crippen molar-refractivity contribution in [3.63, 3.8) is 0 Å². The minimum Gasteiger partial charge on any atom is -0.393 e. The van der Waals surface area contributed by atoms with Crippen LogP contribution in [0.4, 0.5) is 0 Å². The number of nitrogens with zero attached hydrogens (tertiary/aromatic N) is 4. The second-order valence-electron chi connectivity index (χ2n) is 4.45. The molecule has 1 fully saturated rings. The Kier molecular flexibility index (Phi) is 2.84. The van der Waals surface area contributed by atoms with E-state index >= 15 is 0 Å². The second-order valence-corrected chi connectivity index (χ2v) is 5.27. The normalized spacial score (nSPS) is 25.3. The highest BCUT2D eigenvalue weighted by atomic mass is 79.9. The van der Waals surface area contributed by atoms with E-state index in [0.717, 1.165) is 35.9 Å². The van der Waals surface area contributed by atoms with Crippen molar-refractivity contribution >= 4 is 27.2 Å². The van der Waals surface area contributed by atoms with E-state index in [4.69, 9.17) is 0 Å². The molecule has 3 rings (SSSR count). The summed E-state index contributed by atoms with van der Waals surface area (Å²) in [4.78, 5) is 12.9. The van der Waals surface area contributed by atoms with E-state index in [1.807, 2.05) is 0 Å². The number of hydrogen-bond donors (Lipinski definition) is 1. The summed E-state index contributed by atoms with van der Waals surface area (Å²) in [7, 11) is 0. The van der Waals surface area contributed by atoms with Gasteiger partial charge in [-0.2, -0.15) is 0 Å². The van der Waals surface area contributed by atoms with E-state index in [-0.39, 0.29) is 6.10 Å². The number of imidazole rings is 1. The molecule has 5 nitrogen and oxygen atoms in total. The zero-order chi connectivity index (χ0) is 11.8. The van der Waals surface area contributed by atoms with Gasteiger partial charge in [-0.25, -0.2) is 15.0 Å². The average molecular weight is 297 g/mol. The molecule has 0 radical (unpaired) electrons. The van der Waals surface area contributed by atoms with Crippen molar-refractivity contribution in [2.24, 2.45) is 0 Å². The number of aromatic nitrogens is 4. The van der Waals surface area contributed by atoms with Gasteiger partial charge in [0.15, 0.2) is 11.3 Å². The minimum absolute atomic E-state index is 0.140. The third-order valence-electron chi connectivity index (χ3n) is 3.31. The van der Waals surface area contributed by atoms with Gasteiger partial charge in [0.1, 0.15) is 4.60 Å². The number of hydrogen-bond acceptors (Lipinski definition) is 4. The first-order chi connectivity index (χ1) is 8.24. The summed E-state index contributed by atoms with van der Waals surface area (Å²) in [5.41, 5.74) is 1.50. The first kappa shape index (κ1) is 11.1. The highest BCUT2D eigenvalue weighted by Crippen LogP contribution is 2.30. The van der Waals surface area contributed by atoms with E-state index in [0.29, 0.717) is 11.7 Å². The van der Waals surface area contributed by atoms with Gasteiger partial charge >= 0.3 is 0 Å². The van der Waals surface area contributed by atoms with Crippen LogP contribution >= 0.6 is 15.9 Å². The lowest BCUT2D eigenvalue weighted by Crippen LogP contribution is -2.20. The predicted molar refractivity (Wildman–Crippen MR) is 66.5 cm³/mol. The molecule has 1 N–H and O–H groups in total. The number of aliphatic hydroxyl groups is 1. The van der Waals surface area contributed by atoms with Crippen molar-refractivity contribution in [2.45, 2.75) is 37.8 Å². The van der Waals surface area contributed by atoms with Crippen LogP contribution in [0.1, 0.15) is 31.7 Å². The van der Waals surface area contributed by atoms with Gasteiger partial charge in [-0.15, -0.1) is 0 Å². The van der Waals surface area contributed by atoms with Crippen LogP contribution in [-0.2, 0) is 0 Å². The van der Waals surface area contributed by atoms with Crippen LogP contribution < -0.4 is 0 Å². The molecular formula is C11H13BrN4O. The topological polar surface area (TPSA) is 63.8 Å². The highest BCUT2D eigenvalue weighted by Gasteiger charge is 2.22. The molecule has 1 saturated carbocycles. The van der Waals surface area contributed by atoms with Crippen LogP contribution in [0.2, 0.25) is 0 Å². The number of rotatable bonds is 1. The molecule has 6 heteroatoms. The van der Waals surface area contributed by atoms with Gasteiger partial charge in [0.05, 0.1) is 18.6 Å². The third-order valence-corrected chi connectivity index (χ3v) is 3.70. The molecule has 0 spiro atoms. The van der Waals surface area contributed by atoms with Crippen molar-refractivity contribution in [2.75, 3.05) is 0 Å². The van der Waals surface area contributed by atoms with Gasteiger partial charge < -0.3 is 9.67 Å².